The standard InChI is InChI=1S/C13H10ClF3N2OS/c14-6-10-7-21-12(19-10)5-11(20)18-9-3-1-8(2-4-9)13(15,16)17/h1-4,7H,5-6H2,(H,18,20). The van der Waals surface area contributed by atoms with Crippen LogP contribution < -0.4 is 5.32 Å². The molecule has 0 aliphatic heterocycles. The lowest BCUT2D eigenvalue weighted by Crippen LogP contribution is -2.14. The molecule has 1 amide bonds. The van der Waals surface area contributed by atoms with Gasteiger partial charge >= 0.3 is 6.18 Å². The van der Waals surface area contributed by atoms with Crippen molar-refractivity contribution in [2.24, 2.45) is 0 Å². The summed E-state index contributed by atoms with van der Waals surface area (Å²) >= 11 is 6.92. The maximum atomic E-state index is 12.4. The van der Waals surface area contributed by atoms with Crippen molar-refractivity contribution in [3.63, 3.8) is 0 Å². The van der Waals surface area contributed by atoms with E-state index >= 15 is 0 Å². The molecular weight excluding hydrogens is 325 g/mol. The van der Waals surface area contributed by atoms with Crippen molar-refractivity contribution in [2.45, 2.75) is 18.5 Å². The Kier molecular flexibility index (Phi) is 4.84. The highest BCUT2D eigenvalue weighted by Crippen LogP contribution is 2.29. The number of anilines is 1. The zero-order chi connectivity index (χ0) is 15.5. The molecule has 0 saturated heterocycles. The number of thiazole rings is 1. The van der Waals surface area contributed by atoms with E-state index in [9.17, 15) is 18.0 Å². The van der Waals surface area contributed by atoms with Gasteiger partial charge in [0.15, 0.2) is 0 Å². The fraction of sp³-hybridized carbons (Fsp3) is 0.231. The monoisotopic (exact) mass is 334 g/mol. The Morgan fingerprint density at radius 1 is 1.29 bits per heavy atom. The first-order valence-corrected chi connectivity index (χ1v) is 7.26. The van der Waals surface area contributed by atoms with E-state index in [4.69, 9.17) is 11.6 Å². The van der Waals surface area contributed by atoms with Crippen LogP contribution >= 0.6 is 22.9 Å². The molecule has 3 nitrogen and oxygen atoms in total. The van der Waals surface area contributed by atoms with Crippen LogP contribution in [0.5, 0.6) is 0 Å². The summed E-state index contributed by atoms with van der Waals surface area (Å²) in [5, 5.41) is 4.89. The molecule has 0 radical (unpaired) electrons. The van der Waals surface area contributed by atoms with E-state index in [1.165, 1.54) is 23.5 Å². The highest BCUT2D eigenvalue weighted by atomic mass is 35.5. The number of halogens is 4. The quantitative estimate of drug-likeness (QED) is 0.856. The van der Waals surface area contributed by atoms with Gasteiger partial charge in [-0.3, -0.25) is 4.79 Å². The lowest BCUT2D eigenvalue weighted by atomic mass is 10.2. The van der Waals surface area contributed by atoms with Crippen LogP contribution in [0.3, 0.4) is 0 Å². The summed E-state index contributed by atoms with van der Waals surface area (Å²) in [6.07, 6.45) is -4.33. The van der Waals surface area contributed by atoms with Gasteiger partial charge in [0.25, 0.3) is 0 Å². The minimum absolute atomic E-state index is 0.0581. The van der Waals surface area contributed by atoms with E-state index in [2.05, 4.69) is 10.3 Å². The van der Waals surface area contributed by atoms with Gasteiger partial charge in [0, 0.05) is 11.1 Å². The number of alkyl halides is 4. The number of benzene rings is 1. The van der Waals surface area contributed by atoms with Gasteiger partial charge < -0.3 is 5.32 Å². The maximum Gasteiger partial charge on any atom is 0.416 e. The van der Waals surface area contributed by atoms with Gasteiger partial charge in [-0.25, -0.2) is 4.98 Å². The van der Waals surface area contributed by atoms with Gasteiger partial charge in [-0.1, -0.05) is 0 Å². The van der Waals surface area contributed by atoms with Gasteiger partial charge in [-0.2, -0.15) is 13.2 Å². The molecule has 8 heteroatoms. The van der Waals surface area contributed by atoms with Gasteiger partial charge in [-0.15, -0.1) is 22.9 Å². The minimum Gasteiger partial charge on any atom is -0.326 e. The van der Waals surface area contributed by atoms with Crippen LogP contribution in [-0.2, 0) is 23.3 Å². The molecule has 2 aromatic rings. The normalized spacial score (nSPS) is 11.4. The predicted molar refractivity (Wildman–Crippen MR) is 75.4 cm³/mol. The smallest absolute Gasteiger partial charge is 0.326 e. The third-order valence-electron chi connectivity index (χ3n) is 2.54. The van der Waals surface area contributed by atoms with E-state index < -0.39 is 11.7 Å². The van der Waals surface area contributed by atoms with Crippen molar-refractivity contribution in [1.82, 2.24) is 4.98 Å². The van der Waals surface area contributed by atoms with Crippen LogP contribution in [-0.4, -0.2) is 10.9 Å². The molecule has 1 aromatic carbocycles. The van der Waals surface area contributed by atoms with Crippen LogP contribution in [0.4, 0.5) is 18.9 Å². The number of amides is 1. The van der Waals surface area contributed by atoms with Crippen LogP contribution in [0.15, 0.2) is 29.6 Å². The largest absolute Gasteiger partial charge is 0.416 e. The first kappa shape index (κ1) is 15.8. The number of hydrogen-bond donors (Lipinski definition) is 1. The zero-order valence-electron chi connectivity index (χ0n) is 10.6. The summed E-state index contributed by atoms with van der Waals surface area (Å²) in [7, 11) is 0. The molecule has 21 heavy (non-hydrogen) atoms. The van der Waals surface area contributed by atoms with Crippen LogP contribution in [0.1, 0.15) is 16.3 Å². The van der Waals surface area contributed by atoms with E-state index in [0.29, 0.717) is 16.4 Å². The number of aromatic nitrogens is 1. The lowest BCUT2D eigenvalue weighted by molar-refractivity contribution is -0.137. The van der Waals surface area contributed by atoms with Crippen LogP contribution in [0.2, 0.25) is 0 Å². The SMILES string of the molecule is O=C(Cc1nc(CCl)cs1)Nc1ccc(C(F)(F)F)cc1. The molecule has 0 unspecified atom stereocenters. The average molecular weight is 335 g/mol. The average Bonchev–Trinajstić information content (AvgIpc) is 2.85. The van der Waals surface area contributed by atoms with Crippen molar-refractivity contribution in [3.05, 3.63) is 45.9 Å². The maximum absolute atomic E-state index is 12.4. The number of carbonyl (C=O) groups excluding carboxylic acids is 1. The zero-order valence-corrected chi connectivity index (χ0v) is 12.1. The fourth-order valence-electron chi connectivity index (χ4n) is 1.58. The number of nitrogens with one attached hydrogen (secondary N) is 1. The van der Waals surface area contributed by atoms with Gasteiger partial charge in [0.2, 0.25) is 5.91 Å². The van der Waals surface area contributed by atoms with Crippen molar-refractivity contribution in [2.75, 3.05) is 5.32 Å². The molecule has 0 atom stereocenters. The van der Waals surface area contributed by atoms with Gasteiger partial charge in [-0.05, 0) is 24.3 Å². The third kappa shape index (κ3) is 4.44. The van der Waals surface area contributed by atoms with E-state index in [1.807, 2.05) is 0 Å². The summed E-state index contributed by atoms with van der Waals surface area (Å²) in [5.41, 5.74) is 0.244. The number of carbonyl (C=O) groups is 1. The van der Waals surface area contributed by atoms with E-state index in [0.717, 1.165) is 12.1 Å². The van der Waals surface area contributed by atoms with Crippen molar-refractivity contribution in [3.8, 4) is 0 Å². The Hall–Kier alpha value is -1.60. The van der Waals surface area contributed by atoms with E-state index in [-0.39, 0.29) is 18.2 Å². The summed E-state index contributed by atoms with van der Waals surface area (Å²) in [5.74, 6) is -0.0676. The molecule has 0 saturated carbocycles. The summed E-state index contributed by atoms with van der Waals surface area (Å²) in [6, 6.07) is 4.27. The second-order valence-electron chi connectivity index (χ2n) is 4.17. The number of hydrogen-bond acceptors (Lipinski definition) is 3. The highest BCUT2D eigenvalue weighted by Gasteiger charge is 2.29. The summed E-state index contributed by atoms with van der Waals surface area (Å²) in [4.78, 5) is 15.9. The second-order valence-corrected chi connectivity index (χ2v) is 5.38. The van der Waals surface area contributed by atoms with E-state index in [1.54, 1.807) is 5.38 Å². The van der Waals surface area contributed by atoms with Crippen LogP contribution in [0, 0.1) is 0 Å². The molecule has 1 aromatic heterocycles. The molecule has 2 rings (SSSR count). The molecule has 1 heterocycles. The van der Waals surface area contributed by atoms with Crippen molar-refractivity contribution in [1.29, 1.82) is 0 Å². The molecule has 0 bridgehead atoms. The summed E-state index contributed by atoms with van der Waals surface area (Å²) < 4.78 is 37.2. The summed E-state index contributed by atoms with van der Waals surface area (Å²) in [6.45, 7) is 0. The Morgan fingerprint density at radius 2 is 1.95 bits per heavy atom. The molecule has 0 aliphatic carbocycles. The van der Waals surface area contributed by atoms with Gasteiger partial charge in [0.05, 0.1) is 23.6 Å². The lowest BCUT2D eigenvalue weighted by Gasteiger charge is -2.08. The third-order valence-corrected chi connectivity index (χ3v) is 3.72. The molecule has 112 valence electrons. The van der Waals surface area contributed by atoms with Gasteiger partial charge in [0.1, 0.15) is 5.01 Å². The Morgan fingerprint density at radius 3 is 2.48 bits per heavy atom. The molecule has 0 fully saturated rings. The highest BCUT2D eigenvalue weighted by molar-refractivity contribution is 7.09. The van der Waals surface area contributed by atoms with Crippen molar-refractivity contribution >= 4 is 34.5 Å². The Bertz CT molecular complexity index is 625. The minimum atomic E-state index is -4.39. The van der Waals surface area contributed by atoms with Crippen LogP contribution in [0.25, 0.3) is 0 Å². The van der Waals surface area contributed by atoms with Crippen molar-refractivity contribution < 1.29 is 18.0 Å². The first-order valence-electron chi connectivity index (χ1n) is 5.85. The number of rotatable bonds is 4. The number of nitrogens with zero attached hydrogens (tertiary/aromatic N) is 1. The Labute approximate surface area is 127 Å². The molecule has 1 N–H and O–H groups in total. The topological polar surface area (TPSA) is 42.0 Å². The fourth-order valence-corrected chi connectivity index (χ4v) is 2.60. The molecule has 0 aliphatic rings. The molecule has 0 spiro atoms. The second kappa shape index (κ2) is 6.44. The molecular formula is C13H10ClF3N2OS. The first-order chi connectivity index (χ1) is 9.88. The predicted octanol–water partition coefficient (Wildman–Crippen LogP) is 4.08. The Balaban J connectivity index is 1.96.